The van der Waals surface area contributed by atoms with Gasteiger partial charge in [0.05, 0.1) is 19.1 Å². The fraction of sp³-hybridized carbons (Fsp3) is 0.238. The van der Waals surface area contributed by atoms with Crippen molar-refractivity contribution in [1.29, 1.82) is 0 Å². The number of ether oxygens (including phenoxy) is 1. The topological polar surface area (TPSA) is 95.1 Å². The Labute approximate surface area is 168 Å². The zero-order chi connectivity index (χ0) is 20.6. The summed E-state index contributed by atoms with van der Waals surface area (Å²) in [4.78, 5) is 21.7. The predicted octanol–water partition coefficient (Wildman–Crippen LogP) is 3.40. The second-order valence-electron chi connectivity index (χ2n) is 6.24. The molecule has 150 valence electrons. The van der Waals surface area contributed by atoms with E-state index in [1.807, 2.05) is 50.0 Å². The van der Waals surface area contributed by atoms with Gasteiger partial charge in [-0.3, -0.25) is 4.79 Å². The first-order chi connectivity index (χ1) is 14.2. The summed E-state index contributed by atoms with van der Waals surface area (Å²) in [7, 11) is 0. The van der Waals surface area contributed by atoms with Crippen LogP contribution in [0.3, 0.4) is 0 Å². The summed E-state index contributed by atoms with van der Waals surface area (Å²) in [5.41, 5.74) is 2.90. The van der Waals surface area contributed by atoms with Gasteiger partial charge in [-0.2, -0.15) is 0 Å². The summed E-state index contributed by atoms with van der Waals surface area (Å²) < 4.78 is 10.2. The van der Waals surface area contributed by atoms with Gasteiger partial charge in [0, 0.05) is 30.0 Å². The van der Waals surface area contributed by atoms with Crippen LogP contribution in [0.5, 0.6) is 5.75 Å². The van der Waals surface area contributed by atoms with E-state index < -0.39 is 0 Å². The minimum Gasteiger partial charge on any atom is -0.489 e. The van der Waals surface area contributed by atoms with Crippen molar-refractivity contribution in [2.45, 2.75) is 26.9 Å². The average molecular weight is 393 g/mol. The van der Waals surface area contributed by atoms with Crippen molar-refractivity contribution in [3.05, 3.63) is 60.9 Å². The van der Waals surface area contributed by atoms with Gasteiger partial charge in [-0.05, 0) is 26.0 Å². The van der Waals surface area contributed by atoms with Crippen molar-refractivity contribution in [3.63, 3.8) is 0 Å². The highest BCUT2D eigenvalue weighted by atomic mass is 16.5. The van der Waals surface area contributed by atoms with E-state index in [2.05, 4.69) is 43.1 Å². The number of benzene rings is 1. The van der Waals surface area contributed by atoms with Crippen molar-refractivity contribution in [3.8, 4) is 17.3 Å². The highest BCUT2D eigenvalue weighted by Gasteiger charge is 2.11. The Hall–Kier alpha value is -3.68. The van der Waals surface area contributed by atoms with Gasteiger partial charge in [0.2, 0.25) is 0 Å². The molecule has 0 aliphatic heterocycles. The summed E-state index contributed by atoms with van der Waals surface area (Å²) in [6, 6.07) is 10.1. The molecular weight excluding hydrogens is 370 g/mol. The number of imidazole rings is 2. The van der Waals surface area contributed by atoms with Crippen LogP contribution in [0.4, 0.5) is 0 Å². The number of rotatable bonds is 6. The number of para-hydroxylation sites is 1. The molecule has 0 spiro atoms. The summed E-state index contributed by atoms with van der Waals surface area (Å²) >= 11 is 0. The van der Waals surface area contributed by atoms with E-state index in [0.717, 1.165) is 40.4 Å². The van der Waals surface area contributed by atoms with Gasteiger partial charge in [0.25, 0.3) is 6.47 Å². The molecule has 1 aromatic carbocycles. The molecule has 0 fully saturated rings. The van der Waals surface area contributed by atoms with Crippen LogP contribution >= 0.6 is 0 Å². The number of hydrogen-bond donors (Lipinski definition) is 1. The number of aryl methyl sites for hydroxylation is 2. The largest absolute Gasteiger partial charge is 0.489 e. The Kier molecular flexibility index (Phi) is 6.57. The summed E-state index contributed by atoms with van der Waals surface area (Å²) in [6.07, 6.45) is 7.46. The van der Waals surface area contributed by atoms with Crippen LogP contribution in [0.15, 0.2) is 55.2 Å². The van der Waals surface area contributed by atoms with Crippen molar-refractivity contribution in [2.24, 2.45) is 0 Å². The molecule has 0 amide bonds. The quantitative estimate of drug-likeness (QED) is 0.505. The molecule has 0 atom stereocenters. The number of carboxylic acid groups (broad SMARTS) is 1. The van der Waals surface area contributed by atoms with Gasteiger partial charge in [0.1, 0.15) is 23.6 Å². The van der Waals surface area contributed by atoms with Crippen molar-refractivity contribution in [1.82, 2.24) is 24.1 Å². The molecule has 0 aliphatic carbocycles. The molecule has 4 rings (SSSR count). The standard InChI is InChI=1S/C20H21N5O.CH2O2/c1-3-24-14-21-13-17(24)20-22-9-10-25(20)11-12-26-18-6-4-5-16-8-7-15(2)23-19(16)18;2-1-3/h4-10,13-14H,3,11-12H2,1-2H3;1H,(H,2,3). The molecule has 0 bridgehead atoms. The van der Waals surface area contributed by atoms with Crippen LogP contribution < -0.4 is 4.74 Å². The average Bonchev–Trinajstić information content (AvgIpc) is 3.37. The summed E-state index contributed by atoms with van der Waals surface area (Å²) in [6.45, 7) is 5.94. The van der Waals surface area contributed by atoms with Crippen LogP contribution in [0.25, 0.3) is 22.4 Å². The predicted molar refractivity (Wildman–Crippen MR) is 110 cm³/mol. The van der Waals surface area contributed by atoms with Crippen LogP contribution in [0, 0.1) is 6.92 Å². The third-order valence-corrected chi connectivity index (χ3v) is 4.41. The van der Waals surface area contributed by atoms with Crippen LogP contribution in [-0.2, 0) is 17.9 Å². The molecule has 0 saturated heterocycles. The lowest BCUT2D eigenvalue weighted by molar-refractivity contribution is -0.122. The number of fused-ring (bicyclic) bond motifs is 1. The molecule has 4 aromatic rings. The number of nitrogens with zero attached hydrogens (tertiary/aromatic N) is 5. The summed E-state index contributed by atoms with van der Waals surface area (Å²) in [5.74, 6) is 1.71. The smallest absolute Gasteiger partial charge is 0.290 e. The van der Waals surface area contributed by atoms with E-state index in [4.69, 9.17) is 14.6 Å². The third-order valence-electron chi connectivity index (χ3n) is 4.41. The lowest BCUT2D eigenvalue weighted by Gasteiger charge is -2.12. The normalized spacial score (nSPS) is 10.4. The maximum Gasteiger partial charge on any atom is 0.290 e. The molecule has 3 heterocycles. The second-order valence-corrected chi connectivity index (χ2v) is 6.24. The third kappa shape index (κ3) is 4.60. The molecule has 1 N–H and O–H groups in total. The zero-order valence-corrected chi connectivity index (χ0v) is 16.4. The fourth-order valence-electron chi connectivity index (χ4n) is 3.07. The highest BCUT2D eigenvalue weighted by Crippen LogP contribution is 2.24. The van der Waals surface area contributed by atoms with Crippen molar-refractivity contribution in [2.75, 3.05) is 6.61 Å². The number of aromatic nitrogens is 5. The molecule has 29 heavy (non-hydrogen) atoms. The first-order valence-electron chi connectivity index (χ1n) is 9.26. The van der Waals surface area contributed by atoms with Gasteiger partial charge >= 0.3 is 0 Å². The van der Waals surface area contributed by atoms with E-state index in [1.54, 1.807) is 0 Å². The molecule has 0 aliphatic rings. The lowest BCUT2D eigenvalue weighted by atomic mass is 10.2. The van der Waals surface area contributed by atoms with Gasteiger partial charge in [-0.1, -0.05) is 18.2 Å². The minimum atomic E-state index is -0.250. The second kappa shape index (κ2) is 9.50. The lowest BCUT2D eigenvalue weighted by Crippen LogP contribution is -2.10. The van der Waals surface area contributed by atoms with Crippen molar-refractivity contribution < 1.29 is 14.6 Å². The first-order valence-corrected chi connectivity index (χ1v) is 9.26. The first kappa shape index (κ1) is 20.1. The maximum absolute atomic E-state index is 8.36. The van der Waals surface area contributed by atoms with Gasteiger partial charge < -0.3 is 19.0 Å². The van der Waals surface area contributed by atoms with Gasteiger partial charge in [-0.15, -0.1) is 0 Å². The van der Waals surface area contributed by atoms with Crippen LogP contribution in [0.2, 0.25) is 0 Å². The molecular formula is C21H23N5O3. The monoisotopic (exact) mass is 393 g/mol. The molecule has 0 unspecified atom stereocenters. The van der Waals surface area contributed by atoms with E-state index in [-0.39, 0.29) is 6.47 Å². The Morgan fingerprint density at radius 1 is 1.21 bits per heavy atom. The molecule has 0 radical (unpaired) electrons. The Bertz CT molecular complexity index is 1090. The minimum absolute atomic E-state index is 0.250. The van der Waals surface area contributed by atoms with Crippen LogP contribution in [-0.4, -0.2) is 42.3 Å². The van der Waals surface area contributed by atoms with E-state index in [1.165, 1.54) is 0 Å². The molecule has 8 heteroatoms. The Morgan fingerprint density at radius 3 is 2.83 bits per heavy atom. The van der Waals surface area contributed by atoms with E-state index in [0.29, 0.717) is 13.2 Å². The number of hydrogen-bond acceptors (Lipinski definition) is 5. The Balaban J connectivity index is 0.000000755. The molecule has 3 aromatic heterocycles. The van der Waals surface area contributed by atoms with E-state index in [9.17, 15) is 0 Å². The SMILES string of the molecule is CCn1cncc1-c1nccn1CCOc1cccc2ccc(C)nc12.O=CO. The number of carbonyl (C=O) groups is 1. The molecule has 0 saturated carbocycles. The zero-order valence-electron chi connectivity index (χ0n) is 16.4. The maximum atomic E-state index is 8.36. The van der Waals surface area contributed by atoms with Crippen LogP contribution in [0.1, 0.15) is 12.6 Å². The summed E-state index contributed by atoms with van der Waals surface area (Å²) in [5, 5.41) is 7.98. The highest BCUT2D eigenvalue weighted by molar-refractivity contribution is 5.84. The molecule has 8 nitrogen and oxygen atoms in total. The van der Waals surface area contributed by atoms with E-state index >= 15 is 0 Å². The van der Waals surface area contributed by atoms with Gasteiger partial charge in [0.15, 0.2) is 5.82 Å². The Morgan fingerprint density at radius 2 is 2.03 bits per heavy atom. The number of pyridine rings is 1. The van der Waals surface area contributed by atoms with Gasteiger partial charge in [-0.25, -0.2) is 15.0 Å². The fourth-order valence-corrected chi connectivity index (χ4v) is 3.07. The van der Waals surface area contributed by atoms with Crippen molar-refractivity contribution >= 4 is 17.4 Å².